The molecule has 1 aromatic heterocycles. The van der Waals surface area contributed by atoms with Crippen molar-refractivity contribution in [1.82, 2.24) is 19.7 Å². The molecule has 40 heavy (non-hydrogen) atoms. The summed E-state index contributed by atoms with van der Waals surface area (Å²) >= 11 is 0. The summed E-state index contributed by atoms with van der Waals surface area (Å²) in [5, 5.41) is 15.8. The summed E-state index contributed by atoms with van der Waals surface area (Å²) < 4.78 is 18.5. The monoisotopic (exact) mass is 545 g/mol. The fraction of sp³-hybridized carbons (Fsp3) is 0.276. The number of rotatable bonds is 12. The fourth-order valence-corrected chi connectivity index (χ4v) is 4.39. The van der Waals surface area contributed by atoms with Crippen molar-refractivity contribution in [3.05, 3.63) is 94.2 Å². The summed E-state index contributed by atoms with van der Waals surface area (Å²) in [5.74, 6) is 2.03. The molecule has 0 amide bonds. The highest BCUT2D eigenvalue weighted by atomic mass is 16.5. The molecule has 3 aromatic carbocycles. The average Bonchev–Trinajstić information content (AvgIpc) is 3.32. The van der Waals surface area contributed by atoms with Gasteiger partial charge >= 0.3 is 5.69 Å². The second kappa shape index (κ2) is 12.4. The smallest absolute Gasteiger partial charge is 0.348 e. The van der Waals surface area contributed by atoms with Gasteiger partial charge in [-0.2, -0.15) is 4.68 Å². The van der Waals surface area contributed by atoms with Gasteiger partial charge in [0.15, 0.2) is 17.3 Å². The van der Waals surface area contributed by atoms with E-state index in [1.165, 1.54) is 4.68 Å². The largest absolute Gasteiger partial charge is 0.494 e. The van der Waals surface area contributed by atoms with Gasteiger partial charge in [0, 0.05) is 17.8 Å². The Balaban J connectivity index is 1.76. The molecule has 0 saturated carbocycles. The van der Waals surface area contributed by atoms with Crippen LogP contribution in [0.25, 0.3) is 5.69 Å². The number of hydrogen-bond donors (Lipinski definition) is 4. The number of H-pyrrole nitrogens is 1. The quantitative estimate of drug-likeness (QED) is 0.157. The van der Waals surface area contributed by atoms with Crippen molar-refractivity contribution >= 4 is 11.5 Å². The van der Waals surface area contributed by atoms with E-state index < -0.39 is 11.7 Å². The SMILES string of the molecule is COc1cc(C(Nc2ccc(C(=N)N)cc2)c2nn(-c3ccccc3OC)c(=O)[nH]2)ccc1OC(C)CN(C)C. The zero-order valence-electron chi connectivity index (χ0n) is 23.3. The van der Waals surface area contributed by atoms with E-state index in [9.17, 15) is 4.79 Å². The van der Waals surface area contributed by atoms with Gasteiger partial charge < -0.3 is 30.2 Å². The van der Waals surface area contributed by atoms with Crippen LogP contribution in [0, 0.1) is 5.41 Å². The molecule has 1 heterocycles. The minimum atomic E-state index is -0.575. The van der Waals surface area contributed by atoms with Gasteiger partial charge in [0.05, 0.1) is 14.2 Å². The van der Waals surface area contributed by atoms with Crippen LogP contribution in [0.1, 0.15) is 29.9 Å². The van der Waals surface area contributed by atoms with E-state index in [0.29, 0.717) is 34.3 Å². The molecule has 4 aromatic rings. The number of aromatic nitrogens is 3. The summed E-state index contributed by atoms with van der Waals surface area (Å²) in [4.78, 5) is 18.0. The third-order valence-corrected chi connectivity index (χ3v) is 6.20. The van der Waals surface area contributed by atoms with Crippen molar-refractivity contribution in [3.8, 4) is 22.9 Å². The van der Waals surface area contributed by atoms with Crippen LogP contribution in [0.5, 0.6) is 17.2 Å². The third kappa shape index (κ3) is 6.44. The van der Waals surface area contributed by atoms with Gasteiger partial charge in [0.25, 0.3) is 0 Å². The summed E-state index contributed by atoms with van der Waals surface area (Å²) in [5.41, 5.74) is 7.84. The van der Waals surface area contributed by atoms with Crippen LogP contribution >= 0.6 is 0 Å². The number of nitrogens with one attached hydrogen (secondary N) is 3. The molecule has 0 aliphatic carbocycles. The number of methoxy groups -OCH3 is 2. The van der Waals surface area contributed by atoms with E-state index in [1.54, 1.807) is 38.5 Å². The molecule has 0 fully saturated rings. The van der Waals surface area contributed by atoms with Crippen molar-refractivity contribution in [1.29, 1.82) is 5.41 Å². The first-order valence-electron chi connectivity index (χ1n) is 12.7. The van der Waals surface area contributed by atoms with Gasteiger partial charge in [-0.25, -0.2) is 4.79 Å². The lowest BCUT2D eigenvalue weighted by Gasteiger charge is -2.22. The van der Waals surface area contributed by atoms with Crippen LogP contribution in [0.4, 0.5) is 5.69 Å². The van der Waals surface area contributed by atoms with Gasteiger partial charge in [0.1, 0.15) is 29.4 Å². The van der Waals surface area contributed by atoms with Gasteiger partial charge in [-0.15, -0.1) is 5.10 Å². The summed E-state index contributed by atoms with van der Waals surface area (Å²) in [6, 6.07) is 19.3. The number of nitrogens with two attached hydrogens (primary N) is 1. The molecule has 0 spiro atoms. The van der Waals surface area contributed by atoms with Crippen molar-refractivity contribution in [2.75, 3.05) is 40.2 Å². The second-order valence-corrected chi connectivity index (χ2v) is 9.57. The van der Waals surface area contributed by atoms with Crippen molar-refractivity contribution in [2.45, 2.75) is 19.1 Å². The lowest BCUT2D eigenvalue weighted by atomic mass is 10.0. The number of hydrogen-bond acceptors (Lipinski definition) is 8. The molecule has 0 radical (unpaired) electrons. The van der Waals surface area contributed by atoms with Gasteiger partial charge in [-0.05, 0) is 75.1 Å². The molecule has 0 aliphatic heterocycles. The van der Waals surface area contributed by atoms with Gasteiger partial charge in [-0.3, -0.25) is 10.4 Å². The highest BCUT2D eigenvalue weighted by molar-refractivity contribution is 5.95. The Morgan fingerprint density at radius 2 is 1.75 bits per heavy atom. The van der Waals surface area contributed by atoms with Crippen LogP contribution in [0.15, 0.2) is 71.5 Å². The standard InChI is InChI=1S/C29H35N7O4/c1-18(17-35(2)3)40-24-15-12-20(16-25(24)39-5)26(32-21-13-10-19(11-14-21)27(30)31)28-33-29(37)36(34-28)22-8-6-7-9-23(22)38-4/h6-16,18,26,32H,17H2,1-5H3,(H3,30,31)(H,33,34,37). The van der Waals surface area contributed by atoms with E-state index in [-0.39, 0.29) is 11.9 Å². The number of nitrogen functional groups attached to an aromatic ring is 1. The number of benzene rings is 3. The van der Waals surface area contributed by atoms with Crippen LogP contribution in [-0.2, 0) is 0 Å². The molecule has 4 rings (SSSR count). The number of ether oxygens (including phenoxy) is 3. The lowest BCUT2D eigenvalue weighted by molar-refractivity contribution is 0.171. The molecule has 11 heteroatoms. The number of amidine groups is 1. The number of likely N-dealkylation sites (N-methyl/N-ethyl adjacent to an activating group) is 1. The minimum Gasteiger partial charge on any atom is -0.494 e. The topological polar surface area (TPSA) is 144 Å². The molecule has 210 valence electrons. The first-order valence-corrected chi connectivity index (χ1v) is 12.7. The Kier molecular flexibility index (Phi) is 8.75. The van der Waals surface area contributed by atoms with Crippen LogP contribution in [0.2, 0.25) is 0 Å². The Labute approximate surface area is 233 Å². The zero-order valence-corrected chi connectivity index (χ0v) is 23.3. The van der Waals surface area contributed by atoms with Crippen LogP contribution in [-0.4, -0.2) is 66.5 Å². The normalized spacial score (nSPS) is 12.6. The molecule has 0 aliphatic rings. The van der Waals surface area contributed by atoms with E-state index in [1.807, 2.05) is 63.5 Å². The predicted octanol–water partition coefficient (Wildman–Crippen LogP) is 3.39. The fourth-order valence-electron chi connectivity index (χ4n) is 4.39. The van der Waals surface area contributed by atoms with Gasteiger partial charge in [0.2, 0.25) is 0 Å². The second-order valence-electron chi connectivity index (χ2n) is 9.57. The maximum atomic E-state index is 13.1. The number of aromatic amines is 1. The molecule has 5 N–H and O–H groups in total. The molecule has 0 saturated heterocycles. The zero-order chi connectivity index (χ0) is 28.8. The maximum absolute atomic E-state index is 13.1. The lowest BCUT2D eigenvalue weighted by Crippen LogP contribution is -2.28. The summed E-state index contributed by atoms with van der Waals surface area (Å²) in [6.07, 6.45) is -0.0589. The Bertz CT molecular complexity index is 1510. The highest BCUT2D eigenvalue weighted by Gasteiger charge is 2.23. The van der Waals surface area contributed by atoms with Crippen LogP contribution in [0.3, 0.4) is 0 Å². The summed E-state index contributed by atoms with van der Waals surface area (Å²) in [7, 11) is 7.11. The van der Waals surface area contributed by atoms with Crippen LogP contribution < -0.4 is 31.0 Å². The summed E-state index contributed by atoms with van der Waals surface area (Å²) in [6.45, 7) is 2.74. The van der Waals surface area contributed by atoms with E-state index in [0.717, 1.165) is 17.8 Å². The third-order valence-electron chi connectivity index (χ3n) is 6.20. The molecule has 2 atom stereocenters. The highest BCUT2D eigenvalue weighted by Crippen LogP contribution is 2.34. The van der Waals surface area contributed by atoms with E-state index in [2.05, 4.69) is 20.3 Å². The molecular weight excluding hydrogens is 510 g/mol. The van der Waals surface area contributed by atoms with E-state index in [4.69, 9.17) is 25.4 Å². The van der Waals surface area contributed by atoms with Crippen molar-refractivity contribution in [2.24, 2.45) is 5.73 Å². The number of anilines is 1. The Hall–Kier alpha value is -4.77. The molecular formula is C29H35N7O4. The minimum absolute atomic E-state index is 0.0215. The van der Waals surface area contributed by atoms with E-state index >= 15 is 0 Å². The first-order chi connectivity index (χ1) is 19.2. The number of para-hydroxylation sites is 2. The predicted molar refractivity (Wildman–Crippen MR) is 155 cm³/mol. The number of nitrogens with zero attached hydrogens (tertiary/aromatic N) is 3. The van der Waals surface area contributed by atoms with Crippen molar-refractivity contribution < 1.29 is 14.2 Å². The maximum Gasteiger partial charge on any atom is 0.348 e. The average molecular weight is 546 g/mol. The first kappa shape index (κ1) is 28.2. The van der Waals surface area contributed by atoms with Gasteiger partial charge in [-0.1, -0.05) is 18.2 Å². The Morgan fingerprint density at radius 1 is 1.05 bits per heavy atom. The Morgan fingerprint density at radius 3 is 2.40 bits per heavy atom. The molecule has 11 nitrogen and oxygen atoms in total. The van der Waals surface area contributed by atoms with Crippen molar-refractivity contribution in [3.63, 3.8) is 0 Å². The molecule has 0 bridgehead atoms. The molecule has 2 unspecified atom stereocenters.